The van der Waals surface area contributed by atoms with Crippen LogP contribution in [0.2, 0.25) is 0 Å². The molecule has 2 heterocycles. The van der Waals surface area contributed by atoms with Gasteiger partial charge in [-0.05, 0) is 46.9 Å². The van der Waals surface area contributed by atoms with Gasteiger partial charge in [-0.3, -0.25) is 9.59 Å². The molecule has 2 aromatic rings. The molecule has 11 heteroatoms. The highest BCUT2D eigenvalue weighted by atomic mass is 79.9. The Kier molecular flexibility index (Phi) is 6.98. The minimum absolute atomic E-state index is 0.0179. The van der Waals surface area contributed by atoms with Gasteiger partial charge < -0.3 is 21.1 Å². The number of hydrogen-bond acceptors (Lipinski definition) is 6. The Morgan fingerprint density at radius 3 is 2.49 bits per heavy atom. The molecule has 0 aromatic heterocycles. The average Bonchev–Trinajstić information content (AvgIpc) is 3.19. The quantitative estimate of drug-likeness (QED) is 0.511. The molecule has 2 aliphatic heterocycles. The molecule has 0 spiro atoms. The number of morpholine rings is 1. The number of hydrogen-bond donors (Lipinski definition) is 3. The molecule has 2 amide bonds. The summed E-state index contributed by atoms with van der Waals surface area (Å²) < 4.78 is 34.9. The first-order valence-electron chi connectivity index (χ1n) is 11.3. The standard InChI is InChI=1S/C24H29BrN4O5S/c1-24(2,3)14-4-7-16(8-5-14)27-23(31)19-13-29(10-11-34-19)35(32,33)21-17-12-15(25)6-9-18(17)28-20(21)22(26)30/h4-9,12,19-21,28H,10-11,13H2,1-3H3,(H2,26,30)(H,27,31). The van der Waals surface area contributed by atoms with Crippen LogP contribution in [-0.2, 0) is 29.8 Å². The first kappa shape index (κ1) is 25.6. The SMILES string of the molecule is CC(C)(C)c1ccc(NC(=O)C2CN(S(=O)(=O)C3c4cc(Br)ccc4NC3C(N)=O)CCO2)cc1. The van der Waals surface area contributed by atoms with Crippen LogP contribution in [0.5, 0.6) is 0 Å². The van der Waals surface area contributed by atoms with E-state index in [0.717, 1.165) is 5.56 Å². The second-order valence-electron chi connectivity index (χ2n) is 9.76. The molecule has 9 nitrogen and oxygen atoms in total. The number of anilines is 2. The van der Waals surface area contributed by atoms with Crippen LogP contribution < -0.4 is 16.4 Å². The van der Waals surface area contributed by atoms with Crippen LogP contribution in [0, 0.1) is 0 Å². The van der Waals surface area contributed by atoms with Crippen molar-refractivity contribution in [2.45, 2.75) is 43.6 Å². The van der Waals surface area contributed by atoms with Gasteiger partial charge in [0.2, 0.25) is 15.9 Å². The van der Waals surface area contributed by atoms with E-state index in [1.165, 1.54) is 4.31 Å². The molecular weight excluding hydrogens is 536 g/mol. The fourth-order valence-electron chi connectivity index (χ4n) is 4.33. The predicted octanol–water partition coefficient (Wildman–Crippen LogP) is 2.74. The van der Waals surface area contributed by atoms with Crippen molar-refractivity contribution in [2.24, 2.45) is 5.73 Å². The number of benzene rings is 2. The Morgan fingerprint density at radius 2 is 1.86 bits per heavy atom. The number of amides is 2. The van der Waals surface area contributed by atoms with Crippen molar-refractivity contribution in [3.63, 3.8) is 0 Å². The van der Waals surface area contributed by atoms with Crippen molar-refractivity contribution < 1.29 is 22.7 Å². The Bertz CT molecular complexity index is 1240. The number of halogens is 1. The van der Waals surface area contributed by atoms with Crippen LogP contribution in [0.15, 0.2) is 46.9 Å². The van der Waals surface area contributed by atoms with Crippen molar-refractivity contribution >= 4 is 49.1 Å². The zero-order chi connectivity index (χ0) is 25.5. The molecule has 3 unspecified atom stereocenters. The highest BCUT2D eigenvalue weighted by Gasteiger charge is 2.48. The van der Waals surface area contributed by atoms with Gasteiger partial charge in [0.05, 0.1) is 6.61 Å². The smallest absolute Gasteiger partial charge is 0.254 e. The summed E-state index contributed by atoms with van der Waals surface area (Å²) in [5.74, 6) is -1.21. The van der Waals surface area contributed by atoms with Gasteiger partial charge in [0.25, 0.3) is 5.91 Å². The van der Waals surface area contributed by atoms with Crippen LogP contribution >= 0.6 is 15.9 Å². The van der Waals surface area contributed by atoms with E-state index in [2.05, 4.69) is 47.3 Å². The van der Waals surface area contributed by atoms with Gasteiger partial charge in [-0.1, -0.05) is 48.8 Å². The molecule has 3 atom stereocenters. The third-order valence-electron chi connectivity index (χ3n) is 6.26. The summed E-state index contributed by atoms with van der Waals surface area (Å²) >= 11 is 3.36. The molecule has 0 radical (unpaired) electrons. The molecule has 4 rings (SSSR count). The third-order valence-corrected chi connectivity index (χ3v) is 8.97. The molecule has 188 valence electrons. The van der Waals surface area contributed by atoms with Gasteiger partial charge in [-0.25, -0.2) is 8.42 Å². The van der Waals surface area contributed by atoms with Crippen molar-refractivity contribution in [3.8, 4) is 0 Å². The van der Waals surface area contributed by atoms with Crippen LogP contribution in [-0.4, -0.2) is 56.4 Å². The van der Waals surface area contributed by atoms with Crippen molar-refractivity contribution in [3.05, 3.63) is 58.1 Å². The van der Waals surface area contributed by atoms with Gasteiger partial charge >= 0.3 is 0 Å². The van der Waals surface area contributed by atoms with E-state index in [4.69, 9.17) is 10.5 Å². The van der Waals surface area contributed by atoms with E-state index < -0.39 is 39.2 Å². The van der Waals surface area contributed by atoms with Crippen molar-refractivity contribution in [2.75, 3.05) is 30.3 Å². The number of fused-ring (bicyclic) bond motifs is 1. The number of rotatable bonds is 5. The Hall–Kier alpha value is -2.47. The van der Waals surface area contributed by atoms with Crippen LogP contribution in [0.4, 0.5) is 11.4 Å². The first-order chi connectivity index (χ1) is 16.4. The summed E-state index contributed by atoms with van der Waals surface area (Å²) in [6, 6.07) is 11.5. The van der Waals surface area contributed by atoms with Crippen LogP contribution in [0.3, 0.4) is 0 Å². The molecular formula is C24H29BrN4O5S. The number of sulfonamides is 1. The lowest BCUT2D eigenvalue weighted by molar-refractivity contribution is -0.130. The van der Waals surface area contributed by atoms with E-state index in [-0.39, 0.29) is 25.1 Å². The maximum atomic E-state index is 13.7. The molecule has 0 bridgehead atoms. The number of carbonyl (C=O) groups is 2. The lowest BCUT2D eigenvalue weighted by atomic mass is 9.87. The molecule has 0 saturated carbocycles. The summed E-state index contributed by atoms with van der Waals surface area (Å²) in [4.78, 5) is 25.0. The molecule has 1 saturated heterocycles. The molecule has 4 N–H and O–H groups in total. The summed E-state index contributed by atoms with van der Waals surface area (Å²) in [7, 11) is -4.06. The lowest BCUT2D eigenvalue weighted by Gasteiger charge is -2.34. The number of nitrogens with zero attached hydrogens (tertiary/aromatic N) is 1. The molecule has 0 aliphatic carbocycles. The van der Waals surface area contributed by atoms with E-state index in [0.29, 0.717) is 21.4 Å². The second-order valence-corrected chi connectivity index (χ2v) is 12.7. The minimum atomic E-state index is -4.06. The number of ether oxygens (including phenoxy) is 1. The minimum Gasteiger partial charge on any atom is -0.372 e. The number of nitrogens with two attached hydrogens (primary N) is 1. The zero-order valence-electron chi connectivity index (χ0n) is 19.7. The maximum absolute atomic E-state index is 13.7. The molecule has 35 heavy (non-hydrogen) atoms. The summed E-state index contributed by atoms with van der Waals surface area (Å²) in [5.41, 5.74) is 8.24. The van der Waals surface area contributed by atoms with Gasteiger partial charge in [0.15, 0.2) is 0 Å². The van der Waals surface area contributed by atoms with E-state index in [1.54, 1.807) is 18.2 Å². The maximum Gasteiger partial charge on any atom is 0.254 e. The Labute approximate surface area is 213 Å². The molecule has 2 aromatic carbocycles. The van der Waals surface area contributed by atoms with Crippen molar-refractivity contribution in [1.29, 1.82) is 0 Å². The topological polar surface area (TPSA) is 131 Å². The Morgan fingerprint density at radius 1 is 1.17 bits per heavy atom. The summed E-state index contributed by atoms with van der Waals surface area (Å²) in [5, 5.41) is 4.52. The number of carbonyl (C=O) groups excluding carboxylic acids is 2. The molecule has 2 aliphatic rings. The second kappa shape index (κ2) is 9.53. The fraction of sp³-hybridized carbons (Fsp3) is 0.417. The summed E-state index contributed by atoms with van der Waals surface area (Å²) in [6.45, 7) is 6.26. The highest BCUT2D eigenvalue weighted by molar-refractivity contribution is 9.10. The third kappa shape index (κ3) is 5.23. The predicted molar refractivity (Wildman–Crippen MR) is 137 cm³/mol. The monoisotopic (exact) mass is 564 g/mol. The van der Waals surface area contributed by atoms with Gasteiger partial charge in [-0.15, -0.1) is 0 Å². The van der Waals surface area contributed by atoms with Gasteiger partial charge in [-0.2, -0.15) is 4.31 Å². The van der Waals surface area contributed by atoms with Crippen LogP contribution in [0.1, 0.15) is 37.1 Å². The van der Waals surface area contributed by atoms with Crippen LogP contribution in [0.25, 0.3) is 0 Å². The number of nitrogens with one attached hydrogen (secondary N) is 2. The largest absolute Gasteiger partial charge is 0.372 e. The van der Waals surface area contributed by atoms with E-state index in [1.807, 2.05) is 24.3 Å². The first-order valence-corrected chi connectivity index (χ1v) is 13.5. The summed E-state index contributed by atoms with van der Waals surface area (Å²) in [6.07, 6.45) is -0.996. The molecule has 1 fully saturated rings. The normalized spacial score (nSPS) is 22.8. The number of primary amides is 1. The fourth-order valence-corrected chi connectivity index (χ4v) is 6.76. The zero-order valence-corrected chi connectivity index (χ0v) is 22.1. The average molecular weight is 565 g/mol. The highest BCUT2D eigenvalue weighted by Crippen LogP contribution is 2.42. The van der Waals surface area contributed by atoms with Gasteiger partial charge in [0, 0.05) is 28.9 Å². The van der Waals surface area contributed by atoms with E-state index in [9.17, 15) is 18.0 Å². The van der Waals surface area contributed by atoms with Crippen molar-refractivity contribution in [1.82, 2.24) is 4.31 Å². The van der Waals surface area contributed by atoms with E-state index >= 15 is 0 Å². The van der Waals surface area contributed by atoms with Gasteiger partial charge in [0.1, 0.15) is 17.4 Å². The Balaban J connectivity index is 1.52. The lowest BCUT2D eigenvalue weighted by Crippen LogP contribution is -2.52.